The van der Waals surface area contributed by atoms with Crippen LogP contribution in [0.15, 0.2) is 30.5 Å². The van der Waals surface area contributed by atoms with Crippen molar-refractivity contribution in [1.29, 1.82) is 0 Å². The smallest absolute Gasteiger partial charge is 0.356 e. The van der Waals surface area contributed by atoms with Crippen LogP contribution in [-0.2, 0) is 0 Å². The molecule has 0 aliphatic heterocycles. The molecule has 3 aromatic rings. The molecule has 20 heavy (non-hydrogen) atoms. The quantitative estimate of drug-likeness (QED) is 0.766. The molecule has 6 nitrogen and oxygen atoms in total. The van der Waals surface area contributed by atoms with Crippen molar-refractivity contribution in [1.82, 2.24) is 14.6 Å². The zero-order chi connectivity index (χ0) is 14.3. The number of hydrogen-bond donors (Lipinski definition) is 2. The normalized spacial score (nSPS) is 10.9. The maximum Gasteiger partial charge on any atom is 0.356 e. The maximum absolute atomic E-state index is 10.9. The van der Waals surface area contributed by atoms with Gasteiger partial charge in [-0.1, -0.05) is 12.1 Å². The highest BCUT2D eigenvalue weighted by molar-refractivity contribution is 5.86. The van der Waals surface area contributed by atoms with E-state index in [1.165, 1.54) is 6.20 Å². The number of nitrogens with zero attached hydrogens (tertiary/aromatic N) is 2. The van der Waals surface area contributed by atoms with E-state index in [9.17, 15) is 4.79 Å². The number of nitrogens with one attached hydrogen (secondary N) is 1. The number of imidazole rings is 1. The van der Waals surface area contributed by atoms with Crippen molar-refractivity contribution in [3.05, 3.63) is 41.7 Å². The Kier molecular flexibility index (Phi) is 2.71. The largest absolute Gasteiger partial charge is 0.497 e. The average molecular weight is 271 g/mol. The van der Waals surface area contributed by atoms with Crippen LogP contribution in [0.2, 0.25) is 0 Å². The van der Waals surface area contributed by atoms with Gasteiger partial charge in [0.25, 0.3) is 0 Å². The van der Waals surface area contributed by atoms with Crippen LogP contribution in [0.4, 0.5) is 0 Å². The number of carbonyl (C=O) groups is 1. The predicted octanol–water partition coefficient (Wildman–Crippen LogP) is 2.34. The molecule has 6 heteroatoms. The Morgan fingerprint density at radius 2 is 2.25 bits per heavy atom. The van der Waals surface area contributed by atoms with E-state index in [1.54, 1.807) is 11.6 Å². The van der Waals surface area contributed by atoms with Crippen molar-refractivity contribution in [2.24, 2.45) is 0 Å². The number of hydrogen-bond acceptors (Lipinski definition) is 3. The number of rotatable bonds is 3. The molecular weight excluding hydrogens is 258 g/mol. The van der Waals surface area contributed by atoms with E-state index < -0.39 is 5.97 Å². The number of aromatic amines is 1. The van der Waals surface area contributed by atoms with Gasteiger partial charge in [0.15, 0.2) is 11.3 Å². The molecule has 3 rings (SSSR count). The summed E-state index contributed by atoms with van der Waals surface area (Å²) in [5, 5.41) is 12.1. The number of aryl methyl sites for hydroxylation is 1. The Bertz CT molecular complexity index is 801. The van der Waals surface area contributed by atoms with Crippen molar-refractivity contribution in [3.8, 4) is 17.0 Å². The van der Waals surface area contributed by atoms with Gasteiger partial charge in [0.2, 0.25) is 0 Å². The topological polar surface area (TPSA) is 79.6 Å². The fourth-order valence-corrected chi connectivity index (χ4v) is 2.21. The van der Waals surface area contributed by atoms with Crippen LogP contribution < -0.4 is 4.74 Å². The van der Waals surface area contributed by atoms with Crippen LogP contribution >= 0.6 is 0 Å². The zero-order valence-electron chi connectivity index (χ0n) is 11.0. The van der Waals surface area contributed by atoms with E-state index in [2.05, 4.69) is 10.1 Å². The second kappa shape index (κ2) is 4.41. The number of aromatic nitrogens is 3. The molecule has 0 atom stereocenters. The van der Waals surface area contributed by atoms with E-state index in [-0.39, 0.29) is 5.69 Å². The van der Waals surface area contributed by atoms with Gasteiger partial charge in [-0.15, -0.1) is 0 Å². The Hall–Kier alpha value is -2.76. The van der Waals surface area contributed by atoms with Gasteiger partial charge < -0.3 is 9.84 Å². The molecule has 2 aromatic heterocycles. The molecule has 0 unspecified atom stereocenters. The first-order chi connectivity index (χ1) is 9.60. The lowest BCUT2D eigenvalue weighted by Crippen LogP contribution is -1.96. The van der Waals surface area contributed by atoms with Gasteiger partial charge in [0.1, 0.15) is 5.75 Å². The highest BCUT2D eigenvalue weighted by Gasteiger charge is 2.15. The van der Waals surface area contributed by atoms with Crippen molar-refractivity contribution in [3.63, 3.8) is 0 Å². The second-order valence-electron chi connectivity index (χ2n) is 4.47. The van der Waals surface area contributed by atoms with Gasteiger partial charge in [0, 0.05) is 11.1 Å². The molecule has 0 aliphatic carbocycles. The summed E-state index contributed by atoms with van der Waals surface area (Å²) >= 11 is 0. The fourth-order valence-electron chi connectivity index (χ4n) is 2.21. The maximum atomic E-state index is 10.9. The summed E-state index contributed by atoms with van der Waals surface area (Å²) < 4.78 is 6.83. The van der Waals surface area contributed by atoms with Gasteiger partial charge in [-0.05, 0) is 19.1 Å². The average Bonchev–Trinajstić information content (AvgIpc) is 2.99. The van der Waals surface area contributed by atoms with Gasteiger partial charge in [-0.3, -0.25) is 5.10 Å². The number of benzene rings is 1. The highest BCUT2D eigenvalue weighted by Crippen LogP contribution is 2.27. The summed E-state index contributed by atoms with van der Waals surface area (Å²) in [4.78, 5) is 15.0. The van der Waals surface area contributed by atoms with Crippen LogP contribution in [0.3, 0.4) is 0 Å². The van der Waals surface area contributed by atoms with Crippen LogP contribution in [0.5, 0.6) is 5.75 Å². The first kappa shape index (κ1) is 12.3. The van der Waals surface area contributed by atoms with E-state index in [0.717, 1.165) is 22.6 Å². The second-order valence-corrected chi connectivity index (χ2v) is 4.47. The van der Waals surface area contributed by atoms with Crippen LogP contribution in [-0.4, -0.2) is 32.8 Å². The van der Waals surface area contributed by atoms with Gasteiger partial charge >= 0.3 is 5.97 Å². The summed E-state index contributed by atoms with van der Waals surface area (Å²) in [5.74, 6) is -0.273. The Morgan fingerprint density at radius 1 is 1.45 bits per heavy atom. The van der Waals surface area contributed by atoms with Gasteiger partial charge in [0.05, 0.1) is 19.0 Å². The highest BCUT2D eigenvalue weighted by atomic mass is 16.5. The predicted molar refractivity (Wildman–Crippen MR) is 73.2 cm³/mol. The number of fused-ring (bicyclic) bond motifs is 1. The summed E-state index contributed by atoms with van der Waals surface area (Å²) in [6, 6.07) is 7.64. The molecule has 0 amide bonds. The number of carboxylic acids is 1. The first-order valence-corrected chi connectivity index (χ1v) is 6.05. The third-order valence-electron chi connectivity index (χ3n) is 3.23. The van der Waals surface area contributed by atoms with E-state index in [4.69, 9.17) is 9.84 Å². The van der Waals surface area contributed by atoms with Crippen molar-refractivity contribution < 1.29 is 14.6 Å². The Balaban J connectivity index is 2.14. The van der Waals surface area contributed by atoms with Crippen molar-refractivity contribution >= 4 is 11.6 Å². The number of ether oxygens (including phenoxy) is 1. The van der Waals surface area contributed by atoms with Crippen molar-refractivity contribution in [2.75, 3.05) is 7.11 Å². The van der Waals surface area contributed by atoms with E-state index in [1.807, 2.05) is 31.2 Å². The molecule has 0 aliphatic rings. The lowest BCUT2D eigenvalue weighted by atomic mass is 10.1. The molecule has 1 aromatic carbocycles. The molecular formula is C14H13N3O3. The molecule has 0 saturated carbocycles. The summed E-state index contributed by atoms with van der Waals surface area (Å²) in [6.07, 6.45) is 1.47. The first-order valence-electron chi connectivity index (χ1n) is 6.05. The molecule has 2 N–H and O–H groups in total. The molecule has 0 fully saturated rings. The summed E-state index contributed by atoms with van der Waals surface area (Å²) in [6.45, 7) is 1.90. The van der Waals surface area contributed by atoms with Gasteiger partial charge in [-0.25, -0.2) is 14.3 Å². The minimum absolute atomic E-state index is 0.0246. The van der Waals surface area contributed by atoms with E-state index >= 15 is 0 Å². The lowest BCUT2D eigenvalue weighted by molar-refractivity contribution is 0.0691. The van der Waals surface area contributed by atoms with Gasteiger partial charge in [-0.2, -0.15) is 0 Å². The Labute approximate surface area is 114 Å². The third-order valence-corrected chi connectivity index (χ3v) is 3.23. The molecule has 0 radical (unpaired) electrons. The zero-order valence-corrected chi connectivity index (χ0v) is 11.0. The number of methoxy groups -OCH3 is 1. The minimum atomic E-state index is -1.04. The lowest BCUT2D eigenvalue weighted by Gasteiger charge is -2.03. The number of H-pyrrole nitrogens is 1. The fraction of sp³-hybridized carbons (Fsp3) is 0.143. The monoisotopic (exact) mass is 271 g/mol. The Morgan fingerprint density at radius 3 is 2.90 bits per heavy atom. The van der Waals surface area contributed by atoms with Crippen LogP contribution in [0, 0.1) is 6.92 Å². The molecule has 0 saturated heterocycles. The molecule has 2 heterocycles. The minimum Gasteiger partial charge on any atom is -0.497 e. The van der Waals surface area contributed by atoms with Crippen LogP contribution in [0.25, 0.3) is 16.9 Å². The summed E-state index contributed by atoms with van der Waals surface area (Å²) in [7, 11) is 1.62. The number of carboxylic acid groups (broad SMARTS) is 1. The molecule has 0 spiro atoms. The summed E-state index contributed by atoms with van der Waals surface area (Å²) in [5.41, 5.74) is 3.38. The van der Waals surface area contributed by atoms with Crippen molar-refractivity contribution in [2.45, 2.75) is 6.92 Å². The molecule has 0 bridgehead atoms. The third kappa shape index (κ3) is 1.82. The van der Waals surface area contributed by atoms with E-state index in [0.29, 0.717) is 5.65 Å². The van der Waals surface area contributed by atoms with Crippen LogP contribution in [0.1, 0.15) is 16.1 Å². The number of aromatic carboxylic acids is 1. The molecule has 102 valence electrons. The standard InChI is InChI=1S/C14H13N3O3/c1-8-12(9-4-3-5-10(6-9)20-2)16-17-7-11(14(18)19)15-13(8)17/h3-7,16H,1-2H3,(H,18,19). The SMILES string of the molecule is COc1cccc(-c2[nH]n3cc(C(=O)O)nc3c2C)c1.